The summed E-state index contributed by atoms with van der Waals surface area (Å²) < 4.78 is 12.7. The van der Waals surface area contributed by atoms with Crippen molar-refractivity contribution < 1.29 is 19.5 Å². The summed E-state index contributed by atoms with van der Waals surface area (Å²) in [5, 5.41) is 11.1. The molecule has 29 heavy (non-hydrogen) atoms. The van der Waals surface area contributed by atoms with Crippen LogP contribution in [-0.2, 0) is 22.6 Å². The maximum absolute atomic E-state index is 12.6. The Bertz CT molecular complexity index is 977. The average Bonchev–Trinajstić information content (AvgIpc) is 3.11. The van der Waals surface area contributed by atoms with Crippen LogP contribution in [0, 0.1) is 0 Å². The second-order valence-corrected chi connectivity index (χ2v) is 7.23. The van der Waals surface area contributed by atoms with Gasteiger partial charge in [-0.25, -0.2) is 10.0 Å². The lowest BCUT2D eigenvalue weighted by atomic mass is 10.1. The number of carbonyl (C=O) groups excluding carboxylic acids is 1. The predicted molar refractivity (Wildman–Crippen MR) is 108 cm³/mol. The molecule has 7 heteroatoms. The number of hydroxylamine groups is 2. The Balaban J connectivity index is 1.52. The summed E-state index contributed by atoms with van der Waals surface area (Å²) in [5.41, 5.74) is 3.48. The van der Waals surface area contributed by atoms with E-state index in [0.29, 0.717) is 44.8 Å². The van der Waals surface area contributed by atoms with Crippen LogP contribution >= 0.6 is 0 Å². The molecule has 2 heterocycles. The van der Waals surface area contributed by atoms with E-state index in [-0.39, 0.29) is 11.9 Å². The van der Waals surface area contributed by atoms with E-state index in [0.717, 1.165) is 27.5 Å². The maximum atomic E-state index is 12.6. The SMILES string of the molecule is COCc1nc2ccccc2n1Cc1ccc(C(=O)N(O)C2CCOCC2)cc1. The lowest BCUT2D eigenvalue weighted by molar-refractivity contribution is -0.112. The summed E-state index contributed by atoms with van der Waals surface area (Å²) in [4.78, 5) is 17.2. The van der Waals surface area contributed by atoms with E-state index in [1.165, 1.54) is 0 Å². The third-order valence-electron chi connectivity index (χ3n) is 5.29. The molecular formula is C22H25N3O4. The maximum Gasteiger partial charge on any atom is 0.277 e. The molecule has 1 aromatic heterocycles. The highest BCUT2D eigenvalue weighted by atomic mass is 16.5. The van der Waals surface area contributed by atoms with E-state index < -0.39 is 0 Å². The summed E-state index contributed by atoms with van der Waals surface area (Å²) in [6.45, 7) is 2.18. The number of fused-ring (bicyclic) bond motifs is 1. The summed E-state index contributed by atoms with van der Waals surface area (Å²) >= 11 is 0. The van der Waals surface area contributed by atoms with Crippen LogP contribution in [0.5, 0.6) is 0 Å². The molecule has 3 aromatic rings. The zero-order valence-electron chi connectivity index (χ0n) is 16.5. The quantitative estimate of drug-likeness (QED) is 0.512. The fraction of sp³-hybridized carbons (Fsp3) is 0.364. The molecule has 152 valence electrons. The van der Waals surface area contributed by atoms with Gasteiger partial charge in [0.1, 0.15) is 12.4 Å². The second kappa shape index (κ2) is 8.73. The van der Waals surface area contributed by atoms with Crippen LogP contribution in [0.15, 0.2) is 48.5 Å². The Morgan fingerprint density at radius 2 is 1.93 bits per heavy atom. The van der Waals surface area contributed by atoms with Gasteiger partial charge >= 0.3 is 0 Å². The molecule has 7 nitrogen and oxygen atoms in total. The number of imidazole rings is 1. The first-order chi connectivity index (χ1) is 14.2. The molecule has 0 saturated carbocycles. The number of methoxy groups -OCH3 is 1. The predicted octanol–water partition coefficient (Wildman–Crippen LogP) is 3.24. The molecule has 1 saturated heterocycles. The molecular weight excluding hydrogens is 370 g/mol. The van der Waals surface area contributed by atoms with Gasteiger partial charge < -0.3 is 14.0 Å². The molecule has 4 rings (SSSR count). The molecule has 0 spiro atoms. The first kappa shape index (κ1) is 19.6. The molecule has 1 aliphatic heterocycles. The summed E-state index contributed by atoms with van der Waals surface area (Å²) in [6, 6.07) is 15.1. The van der Waals surface area contributed by atoms with Gasteiger partial charge in [0.2, 0.25) is 0 Å². The summed E-state index contributed by atoms with van der Waals surface area (Å²) in [7, 11) is 1.66. The van der Waals surface area contributed by atoms with Crippen molar-refractivity contribution in [2.24, 2.45) is 0 Å². The van der Waals surface area contributed by atoms with Crippen molar-refractivity contribution in [1.29, 1.82) is 0 Å². The van der Waals surface area contributed by atoms with E-state index in [1.54, 1.807) is 19.2 Å². The molecule has 2 aromatic carbocycles. The number of carbonyl (C=O) groups is 1. The minimum absolute atomic E-state index is 0.190. The molecule has 1 N–H and O–H groups in total. The number of amides is 1. The van der Waals surface area contributed by atoms with Gasteiger partial charge in [-0.1, -0.05) is 24.3 Å². The van der Waals surface area contributed by atoms with Crippen LogP contribution in [-0.4, -0.2) is 52.1 Å². The fourth-order valence-corrected chi connectivity index (χ4v) is 3.70. The number of benzene rings is 2. The first-order valence-electron chi connectivity index (χ1n) is 9.79. The number of aromatic nitrogens is 2. The van der Waals surface area contributed by atoms with Gasteiger partial charge in [0.25, 0.3) is 5.91 Å². The van der Waals surface area contributed by atoms with Crippen LogP contribution in [0.25, 0.3) is 11.0 Å². The minimum Gasteiger partial charge on any atom is -0.381 e. The fourth-order valence-electron chi connectivity index (χ4n) is 3.70. The number of hydrogen-bond donors (Lipinski definition) is 1. The normalized spacial score (nSPS) is 15.0. The number of hydrogen-bond acceptors (Lipinski definition) is 5. The van der Waals surface area contributed by atoms with E-state index in [9.17, 15) is 10.0 Å². The largest absolute Gasteiger partial charge is 0.381 e. The Morgan fingerprint density at radius 1 is 1.21 bits per heavy atom. The van der Waals surface area contributed by atoms with Gasteiger partial charge in [0.15, 0.2) is 0 Å². The Labute approximate surface area is 169 Å². The van der Waals surface area contributed by atoms with Gasteiger partial charge in [-0.3, -0.25) is 10.0 Å². The highest BCUT2D eigenvalue weighted by molar-refractivity contribution is 5.93. The monoisotopic (exact) mass is 395 g/mol. The topological polar surface area (TPSA) is 76.8 Å². The summed E-state index contributed by atoms with van der Waals surface area (Å²) in [5.74, 6) is 0.478. The lowest BCUT2D eigenvalue weighted by Gasteiger charge is -2.29. The molecule has 0 unspecified atom stereocenters. The van der Waals surface area contributed by atoms with Crippen molar-refractivity contribution >= 4 is 16.9 Å². The van der Waals surface area contributed by atoms with Crippen LogP contribution in [0.4, 0.5) is 0 Å². The van der Waals surface area contributed by atoms with Crippen LogP contribution < -0.4 is 0 Å². The smallest absolute Gasteiger partial charge is 0.277 e. The van der Waals surface area contributed by atoms with Gasteiger partial charge in [-0.15, -0.1) is 0 Å². The molecule has 1 aliphatic rings. The Morgan fingerprint density at radius 3 is 2.66 bits per heavy atom. The van der Waals surface area contributed by atoms with Gasteiger partial charge in [0, 0.05) is 32.4 Å². The molecule has 1 amide bonds. The van der Waals surface area contributed by atoms with Crippen molar-refractivity contribution in [2.45, 2.75) is 32.0 Å². The van der Waals surface area contributed by atoms with Gasteiger partial charge in [-0.2, -0.15) is 0 Å². The minimum atomic E-state index is -0.378. The number of nitrogens with zero attached hydrogens (tertiary/aromatic N) is 3. The van der Waals surface area contributed by atoms with Crippen molar-refractivity contribution in [3.63, 3.8) is 0 Å². The standard InChI is InChI=1S/C22H25N3O4/c1-28-15-21-23-19-4-2-3-5-20(19)24(21)14-16-6-8-17(9-7-16)22(26)25(27)18-10-12-29-13-11-18/h2-9,18,27H,10-15H2,1H3. The number of ether oxygens (including phenoxy) is 2. The third kappa shape index (κ3) is 4.17. The Hall–Kier alpha value is -2.74. The first-order valence-corrected chi connectivity index (χ1v) is 9.79. The molecule has 0 aliphatic carbocycles. The number of rotatable bonds is 6. The van der Waals surface area contributed by atoms with E-state index >= 15 is 0 Å². The molecule has 1 fully saturated rings. The summed E-state index contributed by atoms with van der Waals surface area (Å²) in [6.07, 6.45) is 1.30. The molecule has 0 bridgehead atoms. The van der Waals surface area contributed by atoms with Crippen LogP contribution in [0.1, 0.15) is 34.6 Å². The zero-order chi connectivity index (χ0) is 20.2. The van der Waals surface area contributed by atoms with Crippen molar-refractivity contribution in [2.75, 3.05) is 20.3 Å². The van der Waals surface area contributed by atoms with Gasteiger partial charge in [0.05, 0.1) is 17.1 Å². The Kier molecular flexibility index (Phi) is 5.89. The van der Waals surface area contributed by atoms with E-state index in [2.05, 4.69) is 9.55 Å². The van der Waals surface area contributed by atoms with Gasteiger partial charge in [-0.05, 0) is 42.7 Å². The molecule has 0 radical (unpaired) electrons. The van der Waals surface area contributed by atoms with E-state index in [1.807, 2.05) is 36.4 Å². The highest BCUT2D eigenvalue weighted by Gasteiger charge is 2.25. The average molecular weight is 395 g/mol. The third-order valence-corrected chi connectivity index (χ3v) is 5.29. The lowest BCUT2D eigenvalue weighted by Crippen LogP contribution is -2.41. The van der Waals surface area contributed by atoms with E-state index in [4.69, 9.17) is 9.47 Å². The zero-order valence-corrected chi connectivity index (χ0v) is 16.5. The van der Waals surface area contributed by atoms with Crippen molar-refractivity contribution in [1.82, 2.24) is 14.6 Å². The van der Waals surface area contributed by atoms with Crippen LogP contribution in [0.2, 0.25) is 0 Å². The van der Waals surface area contributed by atoms with Crippen molar-refractivity contribution in [3.8, 4) is 0 Å². The van der Waals surface area contributed by atoms with Crippen LogP contribution in [0.3, 0.4) is 0 Å². The highest BCUT2D eigenvalue weighted by Crippen LogP contribution is 2.20. The number of para-hydroxylation sites is 2. The van der Waals surface area contributed by atoms with Crippen molar-refractivity contribution in [3.05, 3.63) is 65.5 Å². The second-order valence-electron chi connectivity index (χ2n) is 7.23. The molecule has 0 atom stereocenters.